The molecule has 1 aromatic rings. The second kappa shape index (κ2) is 24.7. The monoisotopic (exact) mass is 376 g/mol. The van der Waals surface area contributed by atoms with E-state index in [1.165, 1.54) is 96.3 Å². The first-order valence-electron chi connectivity index (χ1n) is 11.5. The van der Waals surface area contributed by atoms with Crippen LogP contribution in [0, 0.1) is 0 Å². The largest absolute Gasteiger partial charge is 0.468 e. The predicted molar refractivity (Wildman–Crippen MR) is 118 cm³/mol. The van der Waals surface area contributed by atoms with Gasteiger partial charge in [0.1, 0.15) is 0 Å². The minimum atomic E-state index is 0.547. The first kappa shape index (κ1) is 25.7. The molecule has 0 heterocycles. The van der Waals surface area contributed by atoms with E-state index in [0.717, 1.165) is 6.42 Å². The van der Waals surface area contributed by atoms with E-state index in [1.807, 2.05) is 36.4 Å². The molecule has 0 saturated heterocycles. The molecular weight excluding hydrogens is 332 g/mol. The van der Waals surface area contributed by atoms with Crippen LogP contribution in [-0.4, -0.2) is 13.1 Å². The zero-order valence-electron chi connectivity index (χ0n) is 17.9. The fraction of sp³-hybridized carbons (Fsp3) is 0.720. The van der Waals surface area contributed by atoms with Crippen molar-refractivity contribution >= 4 is 6.47 Å². The molecule has 27 heavy (non-hydrogen) atoms. The van der Waals surface area contributed by atoms with Gasteiger partial charge in [0, 0.05) is 0 Å². The molecule has 0 bridgehead atoms. The van der Waals surface area contributed by atoms with Crippen molar-refractivity contribution in [1.82, 2.24) is 0 Å². The van der Waals surface area contributed by atoms with Crippen LogP contribution in [0.15, 0.2) is 36.4 Å². The van der Waals surface area contributed by atoms with Gasteiger partial charge in [-0.25, -0.2) is 0 Å². The van der Waals surface area contributed by atoms with Gasteiger partial charge >= 0.3 is 0 Å². The Bertz CT molecular complexity index is 337. The Labute approximate surface area is 169 Å². The molecule has 0 N–H and O–H groups in total. The van der Waals surface area contributed by atoms with Crippen LogP contribution in [0.5, 0.6) is 0 Å². The first-order valence-corrected chi connectivity index (χ1v) is 11.5. The lowest BCUT2D eigenvalue weighted by atomic mass is 10.0. The Hall–Kier alpha value is -1.31. The smallest absolute Gasteiger partial charge is 0.293 e. The summed E-state index contributed by atoms with van der Waals surface area (Å²) in [5, 5.41) is 0. The summed E-state index contributed by atoms with van der Waals surface area (Å²) in [6, 6.07) is 12.0. The van der Waals surface area contributed by atoms with Crippen molar-refractivity contribution in [2.75, 3.05) is 6.61 Å². The van der Waals surface area contributed by atoms with Crippen molar-refractivity contribution in [3.05, 3.63) is 36.4 Å². The second-order valence-electron chi connectivity index (χ2n) is 7.43. The molecule has 0 unspecified atom stereocenters. The summed E-state index contributed by atoms with van der Waals surface area (Å²) in [6.45, 7) is 3.43. The van der Waals surface area contributed by atoms with Gasteiger partial charge in [-0.2, -0.15) is 0 Å². The van der Waals surface area contributed by atoms with Crippen molar-refractivity contribution in [3.63, 3.8) is 0 Å². The summed E-state index contributed by atoms with van der Waals surface area (Å²) in [4.78, 5) is 9.94. The Morgan fingerprint density at radius 2 is 0.815 bits per heavy atom. The molecule has 0 fully saturated rings. The molecule has 156 valence electrons. The summed E-state index contributed by atoms with van der Waals surface area (Å²) >= 11 is 0. The third-order valence-corrected chi connectivity index (χ3v) is 4.85. The molecular formula is C25H44O2. The highest BCUT2D eigenvalue weighted by Gasteiger charge is 1.94. The van der Waals surface area contributed by atoms with Crippen LogP contribution in [0.25, 0.3) is 0 Å². The van der Waals surface area contributed by atoms with Gasteiger partial charge in [0.05, 0.1) is 6.61 Å². The molecule has 2 heteroatoms. The molecule has 0 saturated carbocycles. The molecule has 1 rings (SSSR count). The summed E-state index contributed by atoms with van der Waals surface area (Å²) in [5.41, 5.74) is 0. The number of hydrogen-bond acceptors (Lipinski definition) is 2. The number of carbonyl (C=O) groups excluding carboxylic acids is 1. The van der Waals surface area contributed by atoms with Gasteiger partial charge < -0.3 is 4.74 Å². The number of ether oxygens (including phenoxy) is 1. The van der Waals surface area contributed by atoms with Crippen molar-refractivity contribution < 1.29 is 9.53 Å². The van der Waals surface area contributed by atoms with Crippen LogP contribution in [0.1, 0.15) is 110 Å². The quantitative estimate of drug-likeness (QED) is 0.191. The SMILES string of the molecule is CCCCCCCCCCCCCCCCCCOC=O.c1ccccc1. The van der Waals surface area contributed by atoms with Crippen LogP contribution >= 0.6 is 0 Å². The van der Waals surface area contributed by atoms with Crippen LogP contribution in [0.3, 0.4) is 0 Å². The van der Waals surface area contributed by atoms with Crippen molar-refractivity contribution in [2.45, 2.75) is 110 Å². The lowest BCUT2D eigenvalue weighted by Crippen LogP contribution is -1.91. The van der Waals surface area contributed by atoms with E-state index in [4.69, 9.17) is 0 Å². The summed E-state index contributed by atoms with van der Waals surface area (Å²) in [6.07, 6.45) is 22.0. The minimum absolute atomic E-state index is 0.547. The average molecular weight is 377 g/mol. The zero-order chi connectivity index (χ0) is 19.7. The molecule has 1 aromatic carbocycles. The topological polar surface area (TPSA) is 26.3 Å². The van der Waals surface area contributed by atoms with Gasteiger partial charge in [-0.1, -0.05) is 140 Å². The van der Waals surface area contributed by atoms with E-state index in [2.05, 4.69) is 11.7 Å². The molecule has 0 aliphatic rings. The van der Waals surface area contributed by atoms with Gasteiger partial charge in [-0.05, 0) is 6.42 Å². The predicted octanol–water partition coefficient (Wildman–Crippen LogP) is 8.11. The van der Waals surface area contributed by atoms with Crippen LogP contribution in [-0.2, 0) is 9.53 Å². The molecule has 0 aliphatic heterocycles. The van der Waals surface area contributed by atoms with Crippen molar-refractivity contribution in [1.29, 1.82) is 0 Å². The highest BCUT2D eigenvalue weighted by molar-refractivity contribution is 5.36. The zero-order valence-corrected chi connectivity index (χ0v) is 17.9. The number of carbonyl (C=O) groups is 1. The maximum Gasteiger partial charge on any atom is 0.293 e. The molecule has 0 aromatic heterocycles. The molecule has 0 atom stereocenters. The Morgan fingerprint density at radius 3 is 1.11 bits per heavy atom. The van der Waals surface area contributed by atoms with Crippen LogP contribution in [0.4, 0.5) is 0 Å². The van der Waals surface area contributed by atoms with E-state index >= 15 is 0 Å². The molecule has 0 aliphatic carbocycles. The van der Waals surface area contributed by atoms with E-state index in [1.54, 1.807) is 0 Å². The van der Waals surface area contributed by atoms with Gasteiger partial charge in [-0.3, -0.25) is 4.79 Å². The fourth-order valence-corrected chi connectivity index (χ4v) is 3.17. The van der Waals surface area contributed by atoms with E-state index in [-0.39, 0.29) is 0 Å². The van der Waals surface area contributed by atoms with Gasteiger partial charge in [0.2, 0.25) is 0 Å². The average Bonchev–Trinajstić information content (AvgIpc) is 2.72. The highest BCUT2D eigenvalue weighted by atomic mass is 16.5. The number of rotatable bonds is 18. The minimum Gasteiger partial charge on any atom is -0.468 e. The van der Waals surface area contributed by atoms with E-state index < -0.39 is 0 Å². The summed E-state index contributed by atoms with van der Waals surface area (Å²) < 4.78 is 4.67. The molecule has 2 nitrogen and oxygen atoms in total. The van der Waals surface area contributed by atoms with Crippen LogP contribution < -0.4 is 0 Å². The number of benzene rings is 1. The van der Waals surface area contributed by atoms with E-state index in [9.17, 15) is 4.79 Å². The molecule has 0 spiro atoms. The third-order valence-electron chi connectivity index (χ3n) is 4.85. The highest BCUT2D eigenvalue weighted by Crippen LogP contribution is 2.13. The maximum absolute atomic E-state index is 9.94. The Morgan fingerprint density at radius 1 is 0.519 bits per heavy atom. The second-order valence-corrected chi connectivity index (χ2v) is 7.43. The van der Waals surface area contributed by atoms with E-state index in [0.29, 0.717) is 13.1 Å². The number of unbranched alkanes of at least 4 members (excludes halogenated alkanes) is 15. The van der Waals surface area contributed by atoms with Crippen molar-refractivity contribution in [3.8, 4) is 0 Å². The summed E-state index contributed by atoms with van der Waals surface area (Å²) in [5.74, 6) is 0. The van der Waals surface area contributed by atoms with Crippen molar-refractivity contribution in [2.24, 2.45) is 0 Å². The van der Waals surface area contributed by atoms with Crippen LogP contribution in [0.2, 0.25) is 0 Å². The Kier molecular flexibility index (Phi) is 23.5. The van der Waals surface area contributed by atoms with Gasteiger partial charge in [-0.15, -0.1) is 0 Å². The number of hydrogen-bond donors (Lipinski definition) is 0. The fourth-order valence-electron chi connectivity index (χ4n) is 3.17. The lowest BCUT2D eigenvalue weighted by Gasteiger charge is -2.03. The lowest BCUT2D eigenvalue weighted by molar-refractivity contribution is -0.128. The van der Waals surface area contributed by atoms with Gasteiger partial charge in [0.15, 0.2) is 0 Å². The first-order chi connectivity index (χ1) is 13.4. The Balaban J connectivity index is 0.000000941. The maximum atomic E-state index is 9.94. The normalized spacial score (nSPS) is 10.1. The molecule has 0 amide bonds. The standard InChI is InChI=1S/C19H38O2.C6H6/c1-2-3-4-5-6-7-8-9-10-11-12-13-14-15-16-17-18-21-19-20;1-2-4-6-5-3-1/h19H,2-18H2,1H3;1-6H. The third kappa shape index (κ3) is 24.7. The summed E-state index contributed by atoms with van der Waals surface area (Å²) in [7, 11) is 0. The van der Waals surface area contributed by atoms with Gasteiger partial charge in [0.25, 0.3) is 6.47 Å². The molecule has 0 radical (unpaired) electrons.